The summed E-state index contributed by atoms with van der Waals surface area (Å²) in [6, 6.07) is 8.59. The van der Waals surface area contributed by atoms with Crippen LogP contribution in [-0.4, -0.2) is 35.8 Å². The Kier molecular flexibility index (Phi) is 4.55. The fourth-order valence-corrected chi connectivity index (χ4v) is 3.45. The summed E-state index contributed by atoms with van der Waals surface area (Å²) in [6.45, 7) is 3.75. The van der Waals surface area contributed by atoms with Gasteiger partial charge in [0, 0.05) is 19.5 Å². The van der Waals surface area contributed by atoms with Crippen LogP contribution in [0.2, 0.25) is 0 Å². The lowest BCUT2D eigenvalue weighted by molar-refractivity contribution is -0.133. The van der Waals surface area contributed by atoms with Gasteiger partial charge in [0.05, 0.1) is 0 Å². The highest BCUT2D eigenvalue weighted by molar-refractivity contribution is 6.07. The van der Waals surface area contributed by atoms with Crippen molar-refractivity contribution in [2.75, 3.05) is 13.1 Å². The summed E-state index contributed by atoms with van der Waals surface area (Å²) in [5.74, 6) is 0.314. The SMILES string of the molecule is CC1CCN(C(=O)CCC2(c3ccccc3)NC(=O)NC2=O)CC1. The molecular formula is C18H23N3O3. The summed E-state index contributed by atoms with van der Waals surface area (Å²) in [6.07, 6.45) is 2.54. The molecule has 6 nitrogen and oxygen atoms in total. The lowest BCUT2D eigenvalue weighted by atomic mass is 9.85. The van der Waals surface area contributed by atoms with Crippen molar-refractivity contribution in [2.45, 2.75) is 38.1 Å². The van der Waals surface area contributed by atoms with Gasteiger partial charge >= 0.3 is 6.03 Å². The average molecular weight is 329 g/mol. The normalized spacial score (nSPS) is 24.6. The first-order valence-electron chi connectivity index (χ1n) is 8.48. The monoisotopic (exact) mass is 329 g/mol. The molecule has 1 unspecified atom stereocenters. The maximum atomic E-state index is 12.5. The molecule has 1 aromatic carbocycles. The van der Waals surface area contributed by atoms with E-state index in [1.54, 1.807) is 12.1 Å². The van der Waals surface area contributed by atoms with Gasteiger partial charge in [0.1, 0.15) is 5.54 Å². The van der Waals surface area contributed by atoms with E-state index in [9.17, 15) is 14.4 Å². The number of imide groups is 1. The molecule has 2 aliphatic rings. The molecule has 1 aromatic rings. The lowest BCUT2D eigenvalue weighted by Gasteiger charge is -2.32. The molecular weight excluding hydrogens is 306 g/mol. The van der Waals surface area contributed by atoms with Gasteiger partial charge in [-0.1, -0.05) is 37.3 Å². The average Bonchev–Trinajstić information content (AvgIpc) is 2.89. The van der Waals surface area contributed by atoms with Crippen molar-refractivity contribution >= 4 is 17.8 Å². The van der Waals surface area contributed by atoms with Crippen molar-refractivity contribution in [3.8, 4) is 0 Å². The van der Waals surface area contributed by atoms with E-state index in [4.69, 9.17) is 0 Å². The van der Waals surface area contributed by atoms with Crippen molar-refractivity contribution in [1.82, 2.24) is 15.5 Å². The van der Waals surface area contributed by atoms with Crippen LogP contribution in [0.3, 0.4) is 0 Å². The van der Waals surface area contributed by atoms with E-state index in [0.29, 0.717) is 11.5 Å². The van der Waals surface area contributed by atoms with Crippen LogP contribution in [0.15, 0.2) is 30.3 Å². The van der Waals surface area contributed by atoms with Gasteiger partial charge in [0.15, 0.2) is 0 Å². The van der Waals surface area contributed by atoms with Crippen LogP contribution >= 0.6 is 0 Å². The number of rotatable bonds is 4. The molecule has 2 saturated heterocycles. The van der Waals surface area contributed by atoms with Gasteiger partial charge in [0.25, 0.3) is 5.91 Å². The second-order valence-electron chi connectivity index (χ2n) is 6.74. The number of nitrogens with one attached hydrogen (secondary N) is 2. The second-order valence-corrected chi connectivity index (χ2v) is 6.74. The molecule has 0 aliphatic carbocycles. The Morgan fingerprint density at radius 2 is 1.88 bits per heavy atom. The molecule has 4 amide bonds. The summed E-state index contributed by atoms with van der Waals surface area (Å²) < 4.78 is 0. The van der Waals surface area contributed by atoms with Crippen LogP contribution in [0.25, 0.3) is 0 Å². The number of amides is 4. The van der Waals surface area contributed by atoms with Crippen molar-refractivity contribution in [3.63, 3.8) is 0 Å². The van der Waals surface area contributed by atoms with Crippen LogP contribution in [0.4, 0.5) is 4.79 Å². The largest absolute Gasteiger partial charge is 0.343 e. The topological polar surface area (TPSA) is 78.5 Å². The maximum absolute atomic E-state index is 12.5. The van der Waals surface area contributed by atoms with E-state index in [0.717, 1.165) is 25.9 Å². The molecule has 0 radical (unpaired) electrons. The minimum absolute atomic E-state index is 0.0474. The van der Waals surface area contributed by atoms with Gasteiger partial charge in [-0.3, -0.25) is 14.9 Å². The first kappa shape index (κ1) is 16.5. The van der Waals surface area contributed by atoms with Crippen molar-refractivity contribution in [1.29, 1.82) is 0 Å². The number of hydrogen-bond acceptors (Lipinski definition) is 3. The minimum Gasteiger partial charge on any atom is -0.343 e. The summed E-state index contributed by atoms with van der Waals surface area (Å²) in [7, 11) is 0. The van der Waals surface area contributed by atoms with Crippen molar-refractivity contribution < 1.29 is 14.4 Å². The number of carbonyl (C=O) groups is 3. The van der Waals surface area contributed by atoms with Gasteiger partial charge in [-0.25, -0.2) is 4.79 Å². The van der Waals surface area contributed by atoms with E-state index in [1.165, 1.54) is 0 Å². The molecule has 1 atom stereocenters. The molecule has 6 heteroatoms. The molecule has 0 aromatic heterocycles. The number of nitrogens with zero attached hydrogens (tertiary/aromatic N) is 1. The molecule has 3 rings (SSSR count). The first-order valence-corrected chi connectivity index (χ1v) is 8.48. The van der Waals surface area contributed by atoms with Crippen LogP contribution in [-0.2, 0) is 15.1 Å². The van der Waals surface area contributed by atoms with E-state index in [2.05, 4.69) is 17.6 Å². The third kappa shape index (κ3) is 3.13. The predicted octanol–water partition coefficient (Wildman–Crippen LogP) is 1.76. The fourth-order valence-electron chi connectivity index (χ4n) is 3.45. The Balaban J connectivity index is 1.73. The molecule has 2 N–H and O–H groups in total. The highest BCUT2D eigenvalue weighted by atomic mass is 16.2. The standard InChI is InChI=1S/C18H23N3O3/c1-13-8-11-21(12-9-13)15(22)7-10-18(14-5-3-2-4-6-14)16(23)19-17(24)20-18/h2-6,13H,7-12H2,1H3,(H2,19,20,23,24). The number of carbonyl (C=O) groups excluding carboxylic acids is 3. The molecule has 128 valence electrons. The quantitative estimate of drug-likeness (QED) is 0.826. The number of urea groups is 1. The number of likely N-dealkylation sites (tertiary alicyclic amines) is 1. The van der Waals surface area contributed by atoms with Gasteiger partial charge < -0.3 is 10.2 Å². The van der Waals surface area contributed by atoms with E-state index >= 15 is 0 Å². The molecule has 2 heterocycles. The Bertz CT molecular complexity index is 638. The third-order valence-corrected chi connectivity index (χ3v) is 5.06. The highest BCUT2D eigenvalue weighted by Gasteiger charge is 2.47. The zero-order chi connectivity index (χ0) is 17.2. The zero-order valence-corrected chi connectivity index (χ0v) is 13.9. The van der Waals surface area contributed by atoms with Crippen LogP contribution in [0, 0.1) is 5.92 Å². The molecule has 2 aliphatic heterocycles. The van der Waals surface area contributed by atoms with Gasteiger partial charge in [-0.15, -0.1) is 0 Å². The number of benzene rings is 1. The Labute approximate surface area is 141 Å². The Morgan fingerprint density at radius 3 is 2.46 bits per heavy atom. The van der Waals surface area contributed by atoms with Crippen LogP contribution < -0.4 is 10.6 Å². The van der Waals surface area contributed by atoms with Gasteiger partial charge in [-0.05, 0) is 30.7 Å². The zero-order valence-electron chi connectivity index (χ0n) is 13.9. The first-order chi connectivity index (χ1) is 11.5. The summed E-state index contributed by atoms with van der Waals surface area (Å²) >= 11 is 0. The van der Waals surface area contributed by atoms with E-state index in [1.807, 2.05) is 23.1 Å². The van der Waals surface area contributed by atoms with Crippen LogP contribution in [0.1, 0.15) is 38.2 Å². The molecule has 2 fully saturated rings. The van der Waals surface area contributed by atoms with Gasteiger partial charge in [-0.2, -0.15) is 0 Å². The molecule has 0 bridgehead atoms. The van der Waals surface area contributed by atoms with E-state index < -0.39 is 17.5 Å². The summed E-state index contributed by atoms with van der Waals surface area (Å²) in [5.41, 5.74) is -0.453. The summed E-state index contributed by atoms with van der Waals surface area (Å²) in [5, 5.41) is 5.03. The minimum atomic E-state index is -1.16. The van der Waals surface area contributed by atoms with Crippen LogP contribution in [0.5, 0.6) is 0 Å². The molecule has 0 spiro atoms. The Hall–Kier alpha value is -2.37. The third-order valence-electron chi connectivity index (χ3n) is 5.06. The number of hydrogen-bond donors (Lipinski definition) is 2. The molecule has 0 saturated carbocycles. The predicted molar refractivity (Wildman–Crippen MR) is 89.0 cm³/mol. The molecule has 24 heavy (non-hydrogen) atoms. The summed E-state index contributed by atoms with van der Waals surface area (Å²) in [4.78, 5) is 38.5. The van der Waals surface area contributed by atoms with Crippen molar-refractivity contribution in [3.05, 3.63) is 35.9 Å². The lowest BCUT2D eigenvalue weighted by Crippen LogP contribution is -2.45. The Morgan fingerprint density at radius 1 is 1.21 bits per heavy atom. The smallest absolute Gasteiger partial charge is 0.322 e. The fraction of sp³-hybridized carbons (Fsp3) is 0.500. The number of piperidine rings is 1. The van der Waals surface area contributed by atoms with Gasteiger partial charge in [0.2, 0.25) is 5.91 Å². The van der Waals surface area contributed by atoms with Crippen molar-refractivity contribution in [2.24, 2.45) is 5.92 Å². The highest BCUT2D eigenvalue weighted by Crippen LogP contribution is 2.30. The van der Waals surface area contributed by atoms with E-state index in [-0.39, 0.29) is 18.7 Å². The maximum Gasteiger partial charge on any atom is 0.322 e. The second kappa shape index (κ2) is 6.63.